The molecule has 9 heavy (non-hydrogen) atoms. The normalized spacial score (nSPS) is 13.9. The van der Waals surface area contributed by atoms with Gasteiger partial charge in [-0.1, -0.05) is 0 Å². The fourth-order valence-electron chi connectivity index (χ4n) is 0.354. The molecule has 50 valence electrons. The molecule has 0 radical (unpaired) electrons. The topological polar surface area (TPSA) is 37.1 Å². The minimum absolute atomic E-state index is 0.676. The summed E-state index contributed by atoms with van der Waals surface area (Å²) in [4.78, 5) is 3.87. The van der Waals surface area contributed by atoms with Crippen molar-refractivity contribution < 1.29 is 0 Å². The zero-order valence-electron chi connectivity index (χ0n) is 6.00. The van der Waals surface area contributed by atoms with Crippen molar-refractivity contribution in [2.24, 2.45) is 15.2 Å². The summed E-state index contributed by atoms with van der Waals surface area (Å²) in [5.41, 5.74) is 0. The van der Waals surface area contributed by atoms with E-state index < -0.39 is 0 Å². The Hall–Kier alpha value is -0.990. The lowest BCUT2D eigenvalue weighted by Crippen LogP contribution is -1.82. The van der Waals surface area contributed by atoms with E-state index >= 15 is 0 Å². The third-order valence-corrected chi connectivity index (χ3v) is 0.634. The molecule has 0 saturated carbocycles. The molecule has 3 nitrogen and oxygen atoms in total. The van der Waals surface area contributed by atoms with Crippen LogP contribution in [0.15, 0.2) is 15.2 Å². The van der Waals surface area contributed by atoms with Gasteiger partial charge >= 0.3 is 0 Å². The minimum Gasteiger partial charge on any atom is -0.244 e. The Labute approximate surface area is 55.2 Å². The van der Waals surface area contributed by atoms with E-state index in [-0.39, 0.29) is 0 Å². The monoisotopic (exact) mass is 125 g/mol. The Morgan fingerprint density at radius 2 is 1.89 bits per heavy atom. The zero-order chi connectivity index (χ0) is 7.11. The first-order valence-electron chi connectivity index (χ1n) is 2.82. The first-order chi connectivity index (χ1) is 4.31. The molecule has 0 aliphatic heterocycles. The molecule has 3 heteroatoms. The summed E-state index contributed by atoms with van der Waals surface area (Å²) in [5, 5.41) is 7.36. The minimum atomic E-state index is 0.676. The Morgan fingerprint density at radius 1 is 1.22 bits per heavy atom. The lowest BCUT2D eigenvalue weighted by Gasteiger charge is -1.82. The van der Waals surface area contributed by atoms with E-state index in [1.165, 1.54) is 0 Å². The molecule has 0 aromatic carbocycles. The van der Waals surface area contributed by atoms with E-state index in [2.05, 4.69) is 15.2 Å². The number of hydrogen-bond acceptors (Lipinski definition) is 2. The molecule has 0 spiro atoms. The molecule has 0 aromatic heterocycles. The predicted molar refractivity (Wildman–Crippen MR) is 41.4 cm³/mol. The molecule has 0 N–H and O–H groups in total. The third-order valence-electron chi connectivity index (χ3n) is 0.634. The lowest BCUT2D eigenvalue weighted by molar-refractivity contribution is 1.22. The molecule has 0 bridgehead atoms. The van der Waals surface area contributed by atoms with Gasteiger partial charge in [0, 0.05) is 12.4 Å². The predicted octanol–water partition coefficient (Wildman–Crippen LogP) is 1.50. The highest BCUT2D eigenvalue weighted by Gasteiger charge is 1.76. The van der Waals surface area contributed by atoms with Crippen LogP contribution in [0.1, 0.15) is 20.8 Å². The van der Waals surface area contributed by atoms with Gasteiger partial charge in [0.2, 0.25) is 0 Å². The SMILES string of the molecule is C\C=N/N=C(C)\N=C/C. The average Bonchev–Trinajstić information content (AvgIpc) is 1.85. The smallest absolute Gasteiger partial charge is 0.147 e. The van der Waals surface area contributed by atoms with E-state index in [0.29, 0.717) is 5.84 Å². The van der Waals surface area contributed by atoms with Gasteiger partial charge < -0.3 is 0 Å². The molecule has 0 aliphatic carbocycles. The molecule has 0 amide bonds. The molecular formula is C6H11N3. The Balaban J connectivity index is 3.84. The van der Waals surface area contributed by atoms with Gasteiger partial charge in [-0.3, -0.25) is 0 Å². The van der Waals surface area contributed by atoms with E-state index in [1.54, 1.807) is 19.4 Å². The van der Waals surface area contributed by atoms with Crippen molar-refractivity contribution in [3.8, 4) is 0 Å². The molecule has 0 saturated heterocycles. The Morgan fingerprint density at radius 3 is 2.33 bits per heavy atom. The van der Waals surface area contributed by atoms with Crippen molar-refractivity contribution in [1.29, 1.82) is 0 Å². The standard InChI is InChI=1S/C6H11N3/c1-4-7-6(3)9-8-5-2/h4-5H,1-3H3/b7-4-,8-5-,9-6-. The third kappa shape index (κ3) is 4.87. The van der Waals surface area contributed by atoms with Crippen molar-refractivity contribution in [2.45, 2.75) is 20.8 Å². The first-order valence-corrected chi connectivity index (χ1v) is 2.82. The molecular weight excluding hydrogens is 114 g/mol. The van der Waals surface area contributed by atoms with E-state index in [0.717, 1.165) is 0 Å². The van der Waals surface area contributed by atoms with Crippen LogP contribution in [0.5, 0.6) is 0 Å². The number of amidine groups is 1. The maximum Gasteiger partial charge on any atom is 0.147 e. The van der Waals surface area contributed by atoms with Gasteiger partial charge in [0.25, 0.3) is 0 Å². The van der Waals surface area contributed by atoms with Crippen LogP contribution in [0, 0.1) is 0 Å². The highest BCUT2D eigenvalue weighted by molar-refractivity contribution is 5.87. The summed E-state index contributed by atoms with van der Waals surface area (Å²) in [5.74, 6) is 0.676. The summed E-state index contributed by atoms with van der Waals surface area (Å²) in [6, 6.07) is 0. The quantitative estimate of drug-likeness (QED) is 0.289. The summed E-state index contributed by atoms with van der Waals surface area (Å²) in [6.07, 6.45) is 3.30. The van der Waals surface area contributed by atoms with Gasteiger partial charge in [0.05, 0.1) is 0 Å². The van der Waals surface area contributed by atoms with Crippen LogP contribution in [0.3, 0.4) is 0 Å². The summed E-state index contributed by atoms with van der Waals surface area (Å²) >= 11 is 0. The lowest BCUT2D eigenvalue weighted by atomic mass is 10.7. The van der Waals surface area contributed by atoms with Crippen molar-refractivity contribution in [1.82, 2.24) is 0 Å². The van der Waals surface area contributed by atoms with Crippen LogP contribution in [-0.4, -0.2) is 18.3 Å². The van der Waals surface area contributed by atoms with Gasteiger partial charge in [-0.15, -0.1) is 5.10 Å². The van der Waals surface area contributed by atoms with Crippen LogP contribution in [-0.2, 0) is 0 Å². The molecule has 0 aliphatic rings. The Bertz CT molecular complexity index is 144. The van der Waals surface area contributed by atoms with Crippen molar-refractivity contribution in [3.05, 3.63) is 0 Å². The van der Waals surface area contributed by atoms with Crippen LogP contribution >= 0.6 is 0 Å². The second kappa shape index (κ2) is 5.15. The number of nitrogens with zero attached hydrogens (tertiary/aromatic N) is 3. The fourth-order valence-corrected chi connectivity index (χ4v) is 0.354. The van der Waals surface area contributed by atoms with E-state index in [9.17, 15) is 0 Å². The molecule has 0 atom stereocenters. The molecule has 0 heterocycles. The first kappa shape index (κ1) is 8.01. The highest BCUT2D eigenvalue weighted by atomic mass is 15.2. The summed E-state index contributed by atoms with van der Waals surface area (Å²) in [7, 11) is 0. The van der Waals surface area contributed by atoms with Gasteiger partial charge in [0.1, 0.15) is 5.84 Å². The second-order valence-electron chi connectivity index (χ2n) is 1.41. The molecule has 0 fully saturated rings. The summed E-state index contributed by atoms with van der Waals surface area (Å²) in [6.45, 7) is 5.45. The van der Waals surface area contributed by atoms with Crippen LogP contribution in [0.2, 0.25) is 0 Å². The molecule has 0 aromatic rings. The maximum atomic E-state index is 3.87. The highest BCUT2D eigenvalue weighted by Crippen LogP contribution is 1.78. The largest absolute Gasteiger partial charge is 0.244 e. The number of rotatable bonds is 1. The van der Waals surface area contributed by atoms with Crippen LogP contribution in [0.25, 0.3) is 0 Å². The second-order valence-corrected chi connectivity index (χ2v) is 1.41. The van der Waals surface area contributed by atoms with Crippen molar-refractivity contribution in [2.75, 3.05) is 0 Å². The summed E-state index contributed by atoms with van der Waals surface area (Å²) < 4.78 is 0. The average molecular weight is 125 g/mol. The van der Waals surface area contributed by atoms with Crippen molar-refractivity contribution >= 4 is 18.3 Å². The van der Waals surface area contributed by atoms with Gasteiger partial charge in [-0.25, -0.2) is 4.99 Å². The fraction of sp³-hybridized carbons (Fsp3) is 0.500. The van der Waals surface area contributed by atoms with Crippen LogP contribution in [0.4, 0.5) is 0 Å². The zero-order valence-corrected chi connectivity index (χ0v) is 6.00. The number of aliphatic imine (C=N–C) groups is 1. The molecule has 0 rings (SSSR count). The van der Waals surface area contributed by atoms with E-state index in [4.69, 9.17) is 0 Å². The van der Waals surface area contributed by atoms with Gasteiger partial charge in [-0.2, -0.15) is 5.10 Å². The van der Waals surface area contributed by atoms with Crippen LogP contribution < -0.4 is 0 Å². The molecule has 0 unspecified atom stereocenters. The maximum absolute atomic E-state index is 3.87. The van der Waals surface area contributed by atoms with Gasteiger partial charge in [-0.05, 0) is 20.8 Å². The Kier molecular flexibility index (Phi) is 4.59. The van der Waals surface area contributed by atoms with E-state index in [1.807, 2.05) is 13.8 Å². The van der Waals surface area contributed by atoms with Gasteiger partial charge in [0.15, 0.2) is 0 Å². The number of hydrogen-bond donors (Lipinski definition) is 0. The van der Waals surface area contributed by atoms with Crippen molar-refractivity contribution in [3.63, 3.8) is 0 Å².